The maximum Gasteiger partial charge on any atom is 0.260 e. The zero-order valence-corrected chi connectivity index (χ0v) is 15.9. The molecule has 0 aromatic heterocycles. The molecule has 0 saturated carbocycles. The van der Waals surface area contributed by atoms with E-state index < -0.39 is 6.10 Å². The first kappa shape index (κ1) is 19.6. The predicted molar refractivity (Wildman–Crippen MR) is 102 cm³/mol. The second-order valence-corrected chi connectivity index (χ2v) is 5.95. The quantitative estimate of drug-likeness (QED) is 0.747. The highest BCUT2D eigenvalue weighted by Crippen LogP contribution is 2.27. The van der Waals surface area contributed by atoms with Gasteiger partial charge in [0.15, 0.2) is 17.6 Å². The van der Waals surface area contributed by atoms with Crippen molar-refractivity contribution < 1.29 is 19.0 Å². The van der Waals surface area contributed by atoms with E-state index in [1.807, 2.05) is 42.5 Å². The van der Waals surface area contributed by atoms with E-state index in [0.29, 0.717) is 24.5 Å². The number of methoxy groups -OCH3 is 2. The Kier molecular flexibility index (Phi) is 7.33. The van der Waals surface area contributed by atoms with Crippen molar-refractivity contribution in [2.45, 2.75) is 32.8 Å². The topological polar surface area (TPSA) is 56.8 Å². The van der Waals surface area contributed by atoms with Gasteiger partial charge in [-0.15, -0.1) is 0 Å². The van der Waals surface area contributed by atoms with Crippen molar-refractivity contribution in [3.63, 3.8) is 0 Å². The fourth-order valence-electron chi connectivity index (χ4n) is 2.66. The van der Waals surface area contributed by atoms with Crippen LogP contribution in [0.5, 0.6) is 17.2 Å². The van der Waals surface area contributed by atoms with Gasteiger partial charge in [0.1, 0.15) is 5.75 Å². The lowest BCUT2D eigenvalue weighted by molar-refractivity contribution is -0.127. The number of amides is 1. The van der Waals surface area contributed by atoms with Gasteiger partial charge in [-0.2, -0.15) is 0 Å². The number of aryl methyl sites for hydroxylation is 1. The first-order valence-corrected chi connectivity index (χ1v) is 8.82. The summed E-state index contributed by atoms with van der Waals surface area (Å²) in [5.74, 6) is 2.01. The van der Waals surface area contributed by atoms with Crippen LogP contribution in [0.1, 0.15) is 25.0 Å². The second-order valence-electron chi connectivity index (χ2n) is 5.95. The minimum absolute atomic E-state index is 0.128. The maximum atomic E-state index is 12.3. The molecule has 0 aliphatic carbocycles. The largest absolute Gasteiger partial charge is 0.493 e. The summed E-state index contributed by atoms with van der Waals surface area (Å²) in [6.07, 6.45) is 1.02. The van der Waals surface area contributed by atoms with E-state index in [9.17, 15) is 4.79 Å². The minimum Gasteiger partial charge on any atom is -0.493 e. The summed E-state index contributed by atoms with van der Waals surface area (Å²) in [4.78, 5) is 12.3. The van der Waals surface area contributed by atoms with Gasteiger partial charge in [0, 0.05) is 6.54 Å². The van der Waals surface area contributed by atoms with Gasteiger partial charge in [0.05, 0.1) is 14.2 Å². The third kappa shape index (κ3) is 5.15. The van der Waals surface area contributed by atoms with E-state index in [1.54, 1.807) is 21.1 Å². The van der Waals surface area contributed by atoms with Crippen LogP contribution in [0, 0.1) is 0 Å². The number of benzene rings is 2. The summed E-state index contributed by atoms with van der Waals surface area (Å²) in [6.45, 7) is 4.35. The third-order valence-corrected chi connectivity index (χ3v) is 4.19. The standard InChI is InChI=1S/C21H27NO4/c1-5-17-8-6-7-9-18(17)26-15(2)21(23)22-13-12-16-10-11-19(24-3)20(14-16)25-4/h6-11,14-15H,5,12-13H2,1-4H3,(H,22,23)/t15-/m1/s1. The molecule has 5 heteroatoms. The molecule has 0 unspecified atom stereocenters. The first-order chi connectivity index (χ1) is 12.6. The van der Waals surface area contributed by atoms with Crippen LogP contribution in [0.4, 0.5) is 0 Å². The van der Waals surface area contributed by atoms with Crippen molar-refractivity contribution >= 4 is 5.91 Å². The molecule has 0 radical (unpaired) electrons. The molecule has 26 heavy (non-hydrogen) atoms. The Labute approximate surface area is 155 Å². The number of hydrogen-bond donors (Lipinski definition) is 1. The Hall–Kier alpha value is -2.69. The van der Waals surface area contributed by atoms with Gasteiger partial charge in [0.25, 0.3) is 5.91 Å². The van der Waals surface area contributed by atoms with E-state index in [1.165, 1.54) is 0 Å². The van der Waals surface area contributed by atoms with Gasteiger partial charge < -0.3 is 19.5 Å². The highest BCUT2D eigenvalue weighted by atomic mass is 16.5. The molecule has 0 aliphatic rings. The molecule has 1 atom stereocenters. The van der Waals surface area contributed by atoms with Gasteiger partial charge in [-0.1, -0.05) is 31.2 Å². The van der Waals surface area contributed by atoms with Crippen molar-refractivity contribution in [3.8, 4) is 17.2 Å². The molecule has 140 valence electrons. The molecule has 1 N–H and O–H groups in total. The van der Waals surface area contributed by atoms with Gasteiger partial charge in [0.2, 0.25) is 0 Å². The Morgan fingerprint density at radius 3 is 2.46 bits per heavy atom. The fourth-order valence-corrected chi connectivity index (χ4v) is 2.66. The molecule has 2 aromatic rings. The Morgan fingerprint density at radius 1 is 1.04 bits per heavy atom. The Bertz CT molecular complexity index is 730. The van der Waals surface area contributed by atoms with Crippen LogP contribution in [-0.4, -0.2) is 32.8 Å². The van der Waals surface area contributed by atoms with E-state index in [2.05, 4.69) is 12.2 Å². The summed E-state index contributed by atoms with van der Waals surface area (Å²) in [7, 11) is 3.21. The molecule has 5 nitrogen and oxygen atoms in total. The van der Waals surface area contributed by atoms with Crippen LogP contribution >= 0.6 is 0 Å². The van der Waals surface area contributed by atoms with Crippen LogP contribution < -0.4 is 19.5 Å². The number of nitrogens with one attached hydrogen (secondary N) is 1. The molecule has 0 fully saturated rings. The summed E-state index contributed by atoms with van der Waals surface area (Å²) >= 11 is 0. The molecule has 2 rings (SSSR count). The molecule has 2 aromatic carbocycles. The van der Waals surface area contributed by atoms with Crippen molar-refractivity contribution in [1.82, 2.24) is 5.32 Å². The van der Waals surface area contributed by atoms with Crippen LogP contribution in [0.3, 0.4) is 0 Å². The number of carbonyl (C=O) groups excluding carboxylic acids is 1. The van der Waals surface area contributed by atoms with Crippen LogP contribution in [0.15, 0.2) is 42.5 Å². The number of hydrogen-bond acceptors (Lipinski definition) is 4. The zero-order chi connectivity index (χ0) is 18.9. The monoisotopic (exact) mass is 357 g/mol. The van der Waals surface area contributed by atoms with Gasteiger partial charge in [-0.3, -0.25) is 4.79 Å². The Morgan fingerprint density at radius 2 is 1.77 bits per heavy atom. The first-order valence-electron chi connectivity index (χ1n) is 8.82. The number of para-hydroxylation sites is 1. The van der Waals surface area contributed by atoms with Gasteiger partial charge >= 0.3 is 0 Å². The molecule has 0 bridgehead atoms. The second kappa shape index (κ2) is 9.70. The van der Waals surface area contributed by atoms with E-state index in [4.69, 9.17) is 14.2 Å². The van der Waals surface area contributed by atoms with Gasteiger partial charge in [-0.05, 0) is 49.1 Å². The summed E-state index contributed by atoms with van der Waals surface area (Å²) in [6, 6.07) is 13.5. The lowest BCUT2D eigenvalue weighted by Crippen LogP contribution is -2.37. The molecular formula is C21H27NO4. The highest BCUT2D eigenvalue weighted by molar-refractivity contribution is 5.80. The summed E-state index contributed by atoms with van der Waals surface area (Å²) in [5.41, 5.74) is 2.16. The number of ether oxygens (including phenoxy) is 3. The predicted octanol–water partition coefficient (Wildman–Crippen LogP) is 3.39. The third-order valence-electron chi connectivity index (χ3n) is 4.19. The average molecular weight is 357 g/mol. The molecule has 1 amide bonds. The van der Waals surface area contributed by atoms with Crippen molar-refractivity contribution in [2.24, 2.45) is 0 Å². The fraction of sp³-hybridized carbons (Fsp3) is 0.381. The molecule has 0 saturated heterocycles. The van der Waals surface area contributed by atoms with Crippen molar-refractivity contribution in [2.75, 3.05) is 20.8 Å². The summed E-state index contributed by atoms with van der Waals surface area (Å²) < 4.78 is 16.3. The molecule has 0 heterocycles. The normalized spacial score (nSPS) is 11.5. The molecule has 0 aliphatic heterocycles. The van der Waals surface area contributed by atoms with Crippen LogP contribution in [-0.2, 0) is 17.6 Å². The van der Waals surface area contributed by atoms with Crippen molar-refractivity contribution in [3.05, 3.63) is 53.6 Å². The maximum absolute atomic E-state index is 12.3. The smallest absolute Gasteiger partial charge is 0.260 e. The van der Waals surface area contributed by atoms with Crippen LogP contribution in [0.25, 0.3) is 0 Å². The number of carbonyl (C=O) groups is 1. The van der Waals surface area contributed by atoms with Crippen LogP contribution in [0.2, 0.25) is 0 Å². The van der Waals surface area contributed by atoms with E-state index >= 15 is 0 Å². The minimum atomic E-state index is -0.548. The highest BCUT2D eigenvalue weighted by Gasteiger charge is 2.15. The van der Waals surface area contributed by atoms with Gasteiger partial charge in [-0.25, -0.2) is 0 Å². The van der Waals surface area contributed by atoms with E-state index in [-0.39, 0.29) is 5.91 Å². The lowest BCUT2D eigenvalue weighted by atomic mass is 10.1. The average Bonchev–Trinajstić information content (AvgIpc) is 2.68. The molecule has 0 spiro atoms. The molecular weight excluding hydrogens is 330 g/mol. The SMILES string of the molecule is CCc1ccccc1O[C@H](C)C(=O)NCCc1ccc(OC)c(OC)c1. The summed E-state index contributed by atoms with van der Waals surface area (Å²) in [5, 5.41) is 2.92. The number of rotatable bonds is 9. The Balaban J connectivity index is 1.86. The zero-order valence-electron chi connectivity index (χ0n) is 15.9. The lowest BCUT2D eigenvalue weighted by Gasteiger charge is -2.17. The van der Waals surface area contributed by atoms with E-state index in [0.717, 1.165) is 23.3 Å². The van der Waals surface area contributed by atoms with Crippen molar-refractivity contribution in [1.29, 1.82) is 0 Å².